The summed E-state index contributed by atoms with van der Waals surface area (Å²) in [4.78, 5) is 17.5. The molecule has 3 heterocycles. The van der Waals surface area contributed by atoms with Crippen molar-refractivity contribution in [2.45, 2.75) is 12.8 Å². The van der Waals surface area contributed by atoms with Crippen molar-refractivity contribution in [3.05, 3.63) is 59.8 Å². The lowest BCUT2D eigenvalue weighted by Gasteiger charge is -2.14. The molecule has 0 spiro atoms. The summed E-state index contributed by atoms with van der Waals surface area (Å²) < 4.78 is 27.6. The molecule has 0 aliphatic carbocycles. The summed E-state index contributed by atoms with van der Waals surface area (Å²) in [7, 11) is 0. The molecule has 1 fully saturated rings. The molecule has 1 atom stereocenters. The van der Waals surface area contributed by atoms with Crippen LogP contribution in [0.4, 0.5) is 14.6 Å². The number of hydrogen-bond acceptors (Lipinski definition) is 5. The van der Waals surface area contributed by atoms with Gasteiger partial charge in [-0.05, 0) is 36.7 Å². The summed E-state index contributed by atoms with van der Waals surface area (Å²) in [6.07, 6.45) is 6.20. The number of halogens is 2. The number of anilines is 1. The third-order valence-electron chi connectivity index (χ3n) is 4.28. The van der Waals surface area contributed by atoms with Gasteiger partial charge in [-0.25, -0.2) is 9.37 Å². The Morgan fingerprint density at radius 1 is 1.38 bits per heavy atom. The summed E-state index contributed by atoms with van der Waals surface area (Å²) in [6, 6.07) is 2.83. The Balaban J connectivity index is 1.78. The number of hydrogen-bond donors (Lipinski definition) is 3. The predicted octanol–water partition coefficient (Wildman–Crippen LogP) is 1.45. The van der Waals surface area contributed by atoms with E-state index in [-0.39, 0.29) is 23.3 Å². The van der Waals surface area contributed by atoms with Gasteiger partial charge in [-0.15, -0.1) is 0 Å². The van der Waals surface area contributed by atoms with Crippen LogP contribution in [0, 0.1) is 17.7 Å². The average Bonchev–Trinajstić information content (AvgIpc) is 3.18. The van der Waals surface area contributed by atoms with Crippen LogP contribution in [0.1, 0.15) is 17.7 Å². The molecule has 1 aliphatic heterocycles. The smallest absolute Gasteiger partial charge is 0.231 e. The molecule has 1 saturated heterocycles. The summed E-state index contributed by atoms with van der Waals surface area (Å²) >= 11 is 0. The zero-order valence-corrected chi connectivity index (χ0v) is 13.8. The summed E-state index contributed by atoms with van der Waals surface area (Å²) in [6.45, 7) is 0.341. The average molecular weight is 360 g/mol. The minimum atomic E-state index is -0.669. The lowest BCUT2D eigenvalue weighted by molar-refractivity contribution is -0.120. The quantitative estimate of drug-likeness (QED) is 0.552. The molecule has 0 aromatic carbocycles. The van der Waals surface area contributed by atoms with E-state index in [1.165, 1.54) is 35.6 Å². The molecule has 1 aliphatic rings. The molecule has 1 amide bonds. The highest BCUT2D eigenvalue weighted by Gasteiger charge is 2.36. The second-order valence-corrected chi connectivity index (χ2v) is 5.89. The number of pyridine rings is 1. The zero-order chi connectivity index (χ0) is 18.7. The molecule has 0 bridgehead atoms. The number of aromatic amines is 1. The Morgan fingerprint density at radius 2 is 2.19 bits per heavy atom. The van der Waals surface area contributed by atoms with E-state index < -0.39 is 11.8 Å². The molecule has 5 N–H and O–H groups in total. The molecule has 3 rings (SSSR count). The first-order valence-corrected chi connectivity index (χ1v) is 8.01. The number of rotatable bonds is 5. The monoisotopic (exact) mass is 360 g/mol. The van der Waals surface area contributed by atoms with Gasteiger partial charge in [-0.3, -0.25) is 14.8 Å². The largest absolute Gasteiger partial charge is 0.405 e. The highest BCUT2D eigenvalue weighted by molar-refractivity contribution is 5.97. The van der Waals surface area contributed by atoms with Crippen LogP contribution in [-0.4, -0.2) is 27.6 Å². The van der Waals surface area contributed by atoms with Crippen LogP contribution in [0.2, 0.25) is 0 Å². The Labute approximate surface area is 148 Å². The number of carbonyl (C=O) groups excluding carboxylic acids is 1. The van der Waals surface area contributed by atoms with Crippen molar-refractivity contribution in [1.82, 2.24) is 15.2 Å². The van der Waals surface area contributed by atoms with Gasteiger partial charge in [-0.2, -0.15) is 9.49 Å². The van der Waals surface area contributed by atoms with Gasteiger partial charge in [0, 0.05) is 30.4 Å². The van der Waals surface area contributed by atoms with Crippen LogP contribution >= 0.6 is 0 Å². The van der Waals surface area contributed by atoms with Crippen molar-refractivity contribution >= 4 is 17.3 Å². The molecule has 1 unspecified atom stereocenters. The highest BCUT2D eigenvalue weighted by atomic mass is 19.1. The lowest BCUT2D eigenvalue weighted by atomic mass is 9.99. The standard InChI is InChI=1S/C17H18F2N6O/c18-13-2-1-10(9-22-13)7-11-4-6-25(17(11)26)16-14(19)15(23-24-16)12(8-21)3-5-20/h1-3,5,8-9,11H,4,6-7,20-21H2,(H,23,24)/b5-3-,12-8+. The summed E-state index contributed by atoms with van der Waals surface area (Å²) in [5.41, 5.74) is 11.9. The third-order valence-corrected chi connectivity index (χ3v) is 4.28. The number of amides is 1. The SMILES string of the molecule is N/C=C\C(=C/N)c1[nH]nc(N2CCC(Cc3ccc(F)nc3)C2=O)c1F. The highest BCUT2D eigenvalue weighted by Crippen LogP contribution is 2.30. The Kier molecular flexibility index (Phi) is 4.97. The second kappa shape index (κ2) is 7.34. The van der Waals surface area contributed by atoms with E-state index in [1.54, 1.807) is 6.07 Å². The van der Waals surface area contributed by atoms with Crippen LogP contribution in [0.25, 0.3) is 5.57 Å². The number of aromatic nitrogens is 3. The van der Waals surface area contributed by atoms with Crippen molar-refractivity contribution < 1.29 is 13.6 Å². The van der Waals surface area contributed by atoms with E-state index >= 15 is 0 Å². The minimum absolute atomic E-state index is 0.0585. The molecule has 9 heteroatoms. The van der Waals surface area contributed by atoms with Crippen LogP contribution in [0.5, 0.6) is 0 Å². The number of carbonyl (C=O) groups is 1. The maximum Gasteiger partial charge on any atom is 0.231 e. The fourth-order valence-corrected chi connectivity index (χ4v) is 2.97. The third kappa shape index (κ3) is 3.28. The van der Waals surface area contributed by atoms with E-state index in [4.69, 9.17) is 11.5 Å². The fourth-order valence-electron chi connectivity index (χ4n) is 2.97. The molecule has 7 nitrogen and oxygen atoms in total. The Hall–Kier alpha value is -3.23. The van der Waals surface area contributed by atoms with E-state index in [1.807, 2.05) is 0 Å². The first-order chi connectivity index (χ1) is 12.5. The summed E-state index contributed by atoms with van der Waals surface area (Å²) in [5.74, 6) is -1.89. The van der Waals surface area contributed by atoms with Gasteiger partial charge in [0.25, 0.3) is 0 Å². The summed E-state index contributed by atoms with van der Waals surface area (Å²) in [5, 5.41) is 6.48. The maximum atomic E-state index is 14.7. The molecular formula is C17H18F2N6O. The van der Waals surface area contributed by atoms with E-state index in [0.717, 1.165) is 5.56 Å². The molecular weight excluding hydrogens is 342 g/mol. The number of nitrogens with two attached hydrogens (primary N) is 2. The number of allylic oxidation sites excluding steroid dienone is 2. The molecule has 0 radical (unpaired) electrons. The minimum Gasteiger partial charge on any atom is -0.405 e. The molecule has 26 heavy (non-hydrogen) atoms. The van der Waals surface area contributed by atoms with Crippen LogP contribution in [0.3, 0.4) is 0 Å². The fraction of sp³-hybridized carbons (Fsp3) is 0.235. The van der Waals surface area contributed by atoms with Crippen molar-refractivity contribution in [3.63, 3.8) is 0 Å². The van der Waals surface area contributed by atoms with E-state index in [2.05, 4.69) is 15.2 Å². The molecule has 136 valence electrons. The molecule has 2 aromatic rings. The van der Waals surface area contributed by atoms with Crippen molar-refractivity contribution in [3.8, 4) is 0 Å². The zero-order valence-electron chi connectivity index (χ0n) is 13.8. The van der Waals surface area contributed by atoms with Crippen LogP contribution < -0.4 is 16.4 Å². The maximum absolute atomic E-state index is 14.7. The van der Waals surface area contributed by atoms with Crippen molar-refractivity contribution in [1.29, 1.82) is 0 Å². The molecule has 2 aromatic heterocycles. The van der Waals surface area contributed by atoms with E-state index in [9.17, 15) is 13.6 Å². The van der Waals surface area contributed by atoms with E-state index in [0.29, 0.717) is 25.0 Å². The Bertz CT molecular complexity index is 859. The topological polar surface area (TPSA) is 114 Å². The number of nitrogens with one attached hydrogen (secondary N) is 1. The van der Waals surface area contributed by atoms with Gasteiger partial charge < -0.3 is 11.5 Å². The normalized spacial score (nSPS) is 18.2. The van der Waals surface area contributed by atoms with Gasteiger partial charge >= 0.3 is 0 Å². The lowest BCUT2D eigenvalue weighted by Crippen LogP contribution is -2.28. The van der Waals surface area contributed by atoms with Gasteiger partial charge in [0.05, 0.1) is 0 Å². The number of H-pyrrole nitrogens is 1. The van der Waals surface area contributed by atoms with Gasteiger partial charge in [-0.1, -0.05) is 6.07 Å². The van der Waals surface area contributed by atoms with Gasteiger partial charge in [0.1, 0.15) is 5.69 Å². The second-order valence-electron chi connectivity index (χ2n) is 5.89. The Morgan fingerprint density at radius 3 is 2.85 bits per heavy atom. The van der Waals surface area contributed by atoms with Gasteiger partial charge in [0.15, 0.2) is 11.6 Å². The first kappa shape index (κ1) is 17.6. The molecule has 0 saturated carbocycles. The predicted molar refractivity (Wildman–Crippen MR) is 92.4 cm³/mol. The van der Waals surface area contributed by atoms with Crippen molar-refractivity contribution in [2.75, 3.05) is 11.4 Å². The van der Waals surface area contributed by atoms with Crippen LogP contribution in [-0.2, 0) is 11.2 Å². The van der Waals surface area contributed by atoms with Crippen molar-refractivity contribution in [2.24, 2.45) is 17.4 Å². The van der Waals surface area contributed by atoms with Crippen LogP contribution in [0.15, 0.2) is 36.8 Å². The van der Waals surface area contributed by atoms with Gasteiger partial charge in [0.2, 0.25) is 11.9 Å². The first-order valence-electron chi connectivity index (χ1n) is 8.01. The number of nitrogens with zero attached hydrogens (tertiary/aromatic N) is 3.